The van der Waals surface area contributed by atoms with Crippen LogP contribution < -0.4 is 10.9 Å². The Kier molecular flexibility index (Phi) is 4.75. The Labute approximate surface area is 146 Å². The lowest BCUT2D eigenvalue weighted by molar-refractivity contribution is 0.0941. The van der Waals surface area contributed by atoms with Crippen molar-refractivity contribution in [1.29, 1.82) is 0 Å². The molecule has 2 N–H and O–H groups in total. The molecule has 132 valence electrons. The Morgan fingerprint density at radius 1 is 1.24 bits per heavy atom. The molecule has 0 saturated heterocycles. The van der Waals surface area contributed by atoms with Crippen LogP contribution in [-0.2, 0) is 5.41 Å². The fourth-order valence-electron chi connectivity index (χ4n) is 3.97. The molecule has 4 nitrogen and oxygen atoms in total. The third kappa shape index (κ3) is 3.50. The molecule has 1 aliphatic carbocycles. The summed E-state index contributed by atoms with van der Waals surface area (Å²) in [6.07, 6.45) is 4.01. The van der Waals surface area contributed by atoms with Crippen LogP contribution in [0, 0.1) is 19.7 Å². The van der Waals surface area contributed by atoms with Gasteiger partial charge in [-0.05, 0) is 49.9 Å². The van der Waals surface area contributed by atoms with Gasteiger partial charge in [0.05, 0.1) is 5.56 Å². The van der Waals surface area contributed by atoms with Gasteiger partial charge in [0.15, 0.2) is 0 Å². The Bertz CT molecular complexity index is 825. The quantitative estimate of drug-likeness (QED) is 0.895. The number of aromatic amines is 1. The van der Waals surface area contributed by atoms with E-state index in [4.69, 9.17) is 0 Å². The first-order chi connectivity index (χ1) is 11.9. The molecule has 0 atom stereocenters. The third-order valence-corrected chi connectivity index (χ3v) is 5.24. The second kappa shape index (κ2) is 6.82. The molecular formula is C20H23FN2O2. The number of H-pyrrole nitrogens is 1. The number of carbonyl (C=O) groups is 1. The van der Waals surface area contributed by atoms with E-state index < -0.39 is 0 Å². The number of hydrogen-bond acceptors (Lipinski definition) is 2. The predicted octanol–water partition coefficient (Wildman–Crippen LogP) is 3.37. The minimum atomic E-state index is -0.248. The molecule has 1 fully saturated rings. The summed E-state index contributed by atoms with van der Waals surface area (Å²) in [7, 11) is 0. The van der Waals surface area contributed by atoms with Crippen LogP contribution in [0.1, 0.15) is 52.9 Å². The van der Waals surface area contributed by atoms with E-state index in [1.165, 1.54) is 12.1 Å². The van der Waals surface area contributed by atoms with Gasteiger partial charge >= 0.3 is 0 Å². The molecule has 3 rings (SSSR count). The average molecular weight is 342 g/mol. The number of pyridine rings is 1. The highest BCUT2D eigenvalue weighted by Crippen LogP contribution is 2.40. The Hall–Kier alpha value is -2.43. The van der Waals surface area contributed by atoms with Crippen LogP contribution in [-0.4, -0.2) is 17.4 Å². The molecule has 0 radical (unpaired) electrons. The van der Waals surface area contributed by atoms with Crippen LogP contribution >= 0.6 is 0 Å². The number of rotatable bonds is 4. The molecule has 0 aliphatic heterocycles. The van der Waals surface area contributed by atoms with Crippen LogP contribution in [0.25, 0.3) is 0 Å². The van der Waals surface area contributed by atoms with Gasteiger partial charge in [-0.15, -0.1) is 0 Å². The standard InChI is InChI=1S/C20H23FN2O2/c1-13-10-17(24)23-14(2)18(13)19(25)22-12-20(8-3-4-9-20)15-6-5-7-16(21)11-15/h5-7,10-11H,3-4,8-9,12H2,1-2H3,(H,22,25)(H,23,24). The van der Waals surface area contributed by atoms with Gasteiger partial charge in [-0.1, -0.05) is 25.0 Å². The van der Waals surface area contributed by atoms with Gasteiger partial charge in [-0.3, -0.25) is 9.59 Å². The maximum absolute atomic E-state index is 13.7. The smallest absolute Gasteiger partial charge is 0.253 e. The fraction of sp³-hybridized carbons (Fsp3) is 0.400. The normalized spacial score (nSPS) is 16.0. The number of hydrogen-bond donors (Lipinski definition) is 2. The summed E-state index contributed by atoms with van der Waals surface area (Å²) in [4.78, 5) is 26.9. The third-order valence-electron chi connectivity index (χ3n) is 5.24. The lowest BCUT2D eigenvalue weighted by Crippen LogP contribution is -2.39. The highest BCUT2D eigenvalue weighted by Gasteiger charge is 2.36. The van der Waals surface area contributed by atoms with Gasteiger partial charge in [0, 0.05) is 23.7 Å². The van der Waals surface area contributed by atoms with Crippen molar-refractivity contribution < 1.29 is 9.18 Å². The van der Waals surface area contributed by atoms with Gasteiger partial charge in [-0.25, -0.2) is 4.39 Å². The predicted molar refractivity (Wildman–Crippen MR) is 95.4 cm³/mol. The summed E-state index contributed by atoms with van der Waals surface area (Å²) in [6.45, 7) is 3.95. The monoisotopic (exact) mass is 342 g/mol. The zero-order valence-corrected chi connectivity index (χ0v) is 14.6. The van der Waals surface area contributed by atoms with Crippen LogP contribution in [0.15, 0.2) is 35.1 Å². The largest absolute Gasteiger partial charge is 0.351 e. The van der Waals surface area contributed by atoms with Gasteiger partial charge < -0.3 is 10.3 Å². The summed E-state index contributed by atoms with van der Waals surface area (Å²) >= 11 is 0. The molecule has 1 amide bonds. The summed E-state index contributed by atoms with van der Waals surface area (Å²) < 4.78 is 13.7. The van der Waals surface area contributed by atoms with E-state index in [0.717, 1.165) is 31.2 Å². The molecule has 1 saturated carbocycles. The number of halogens is 1. The number of benzene rings is 1. The second-order valence-corrected chi connectivity index (χ2v) is 7.00. The van der Waals surface area contributed by atoms with Crippen molar-refractivity contribution in [1.82, 2.24) is 10.3 Å². The summed E-state index contributed by atoms with van der Waals surface area (Å²) in [5, 5.41) is 3.02. The van der Waals surface area contributed by atoms with E-state index in [-0.39, 0.29) is 22.7 Å². The SMILES string of the molecule is Cc1cc(=O)[nH]c(C)c1C(=O)NCC1(c2cccc(F)c2)CCCC1. The van der Waals surface area contributed by atoms with Crippen molar-refractivity contribution in [2.45, 2.75) is 44.9 Å². The molecule has 0 bridgehead atoms. The lowest BCUT2D eigenvalue weighted by atomic mass is 9.78. The van der Waals surface area contributed by atoms with Crippen LogP contribution in [0.2, 0.25) is 0 Å². The van der Waals surface area contributed by atoms with E-state index in [9.17, 15) is 14.0 Å². The molecule has 25 heavy (non-hydrogen) atoms. The van der Waals surface area contributed by atoms with Crippen LogP contribution in [0.3, 0.4) is 0 Å². The molecular weight excluding hydrogens is 319 g/mol. The molecule has 0 unspecified atom stereocenters. The molecule has 1 heterocycles. The topological polar surface area (TPSA) is 62.0 Å². The molecule has 0 spiro atoms. The minimum Gasteiger partial charge on any atom is -0.351 e. The second-order valence-electron chi connectivity index (χ2n) is 7.00. The van der Waals surface area contributed by atoms with Crippen molar-refractivity contribution in [2.75, 3.05) is 6.54 Å². The number of aromatic nitrogens is 1. The van der Waals surface area contributed by atoms with E-state index in [1.54, 1.807) is 26.0 Å². The van der Waals surface area contributed by atoms with E-state index in [2.05, 4.69) is 10.3 Å². The Morgan fingerprint density at radius 2 is 1.96 bits per heavy atom. The number of aryl methyl sites for hydroxylation is 2. The van der Waals surface area contributed by atoms with Gasteiger partial charge in [-0.2, -0.15) is 0 Å². The minimum absolute atomic E-state index is 0.200. The van der Waals surface area contributed by atoms with E-state index in [1.807, 2.05) is 6.07 Å². The van der Waals surface area contributed by atoms with Gasteiger partial charge in [0.2, 0.25) is 5.56 Å². The Balaban J connectivity index is 1.83. The first-order valence-corrected chi connectivity index (χ1v) is 8.66. The highest BCUT2D eigenvalue weighted by atomic mass is 19.1. The maximum Gasteiger partial charge on any atom is 0.253 e. The first kappa shape index (κ1) is 17.4. The zero-order chi connectivity index (χ0) is 18.0. The Morgan fingerprint density at radius 3 is 2.60 bits per heavy atom. The van der Waals surface area contributed by atoms with Crippen molar-refractivity contribution in [2.24, 2.45) is 0 Å². The summed E-state index contributed by atoms with van der Waals surface area (Å²) in [5.41, 5.74) is 2.24. The van der Waals surface area contributed by atoms with Crippen LogP contribution in [0.5, 0.6) is 0 Å². The number of carbonyl (C=O) groups excluding carboxylic acids is 1. The average Bonchev–Trinajstić information content (AvgIpc) is 3.02. The summed E-state index contributed by atoms with van der Waals surface area (Å²) in [6, 6.07) is 8.12. The fourth-order valence-corrected chi connectivity index (χ4v) is 3.97. The summed E-state index contributed by atoms with van der Waals surface area (Å²) in [5.74, 6) is -0.448. The van der Waals surface area contributed by atoms with E-state index in [0.29, 0.717) is 23.4 Å². The molecule has 5 heteroatoms. The van der Waals surface area contributed by atoms with Crippen molar-refractivity contribution in [3.63, 3.8) is 0 Å². The van der Waals surface area contributed by atoms with Crippen LogP contribution in [0.4, 0.5) is 4.39 Å². The molecule has 1 aliphatic rings. The van der Waals surface area contributed by atoms with Gasteiger partial charge in [0.25, 0.3) is 5.91 Å². The number of nitrogens with one attached hydrogen (secondary N) is 2. The first-order valence-electron chi connectivity index (χ1n) is 8.66. The van der Waals surface area contributed by atoms with Crippen molar-refractivity contribution >= 4 is 5.91 Å². The zero-order valence-electron chi connectivity index (χ0n) is 14.6. The van der Waals surface area contributed by atoms with Crippen molar-refractivity contribution in [3.05, 3.63) is 68.9 Å². The van der Waals surface area contributed by atoms with E-state index >= 15 is 0 Å². The number of amides is 1. The molecule has 2 aromatic rings. The van der Waals surface area contributed by atoms with Gasteiger partial charge in [0.1, 0.15) is 5.82 Å². The highest BCUT2D eigenvalue weighted by molar-refractivity contribution is 5.96. The molecule has 1 aromatic carbocycles. The molecule has 1 aromatic heterocycles. The maximum atomic E-state index is 13.7. The lowest BCUT2D eigenvalue weighted by Gasteiger charge is -2.30. The van der Waals surface area contributed by atoms with Crippen molar-refractivity contribution in [3.8, 4) is 0 Å².